The first-order valence-corrected chi connectivity index (χ1v) is 11.3. The smallest absolute Gasteiger partial charge is 0.293 e. The van der Waals surface area contributed by atoms with Crippen LogP contribution < -0.4 is 10.9 Å². The maximum absolute atomic E-state index is 12.0. The molecule has 0 aliphatic carbocycles. The van der Waals surface area contributed by atoms with Crippen LogP contribution in [-0.2, 0) is 0 Å². The van der Waals surface area contributed by atoms with E-state index in [0.717, 1.165) is 22.1 Å². The van der Waals surface area contributed by atoms with Gasteiger partial charge in [0.05, 0.1) is 22.1 Å². The Labute approximate surface area is 211 Å². The molecule has 0 fully saturated rings. The summed E-state index contributed by atoms with van der Waals surface area (Å²) < 4.78 is 1.73. The Morgan fingerprint density at radius 3 is 2.38 bits per heavy atom. The molecule has 3 N–H and O–H groups in total. The lowest BCUT2D eigenvalue weighted by molar-refractivity contribution is 0.101. The van der Waals surface area contributed by atoms with Gasteiger partial charge in [0.2, 0.25) is 5.65 Å². The molecule has 7 rings (SSSR count). The molecule has 0 aliphatic heterocycles. The van der Waals surface area contributed by atoms with Crippen molar-refractivity contribution in [3.63, 3.8) is 0 Å². The molecular formula is C24H15ClN10O2. The van der Waals surface area contributed by atoms with Crippen LogP contribution in [0.25, 0.3) is 39.0 Å². The van der Waals surface area contributed by atoms with Crippen molar-refractivity contribution in [2.24, 2.45) is 0 Å². The number of hydrogen-bond acceptors (Lipinski definition) is 8. The van der Waals surface area contributed by atoms with E-state index in [9.17, 15) is 9.59 Å². The molecule has 0 unspecified atom stereocenters. The standard InChI is InChI=1S/C12H8ClN5O.C12H7N5O/c13-9-10(15-6-5-14-9)18-12(19)11-16-7-3-1-2-4-8(7)17-11;18-12-11-15-7-3-1-2-4-8(7)17(11)10-9(16-12)13-5-6-14-10/h1-6H,(H,16,17)(H,15,18,19);1-6H,(H,13,16,18). The Hall–Kier alpha value is -5.23. The normalized spacial score (nSPS) is 11.1. The molecule has 0 aliphatic rings. The van der Waals surface area contributed by atoms with Crippen molar-refractivity contribution in [1.29, 1.82) is 0 Å². The summed E-state index contributed by atoms with van der Waals surface area (Å²) in [6.45, 7) is 0. The highest BCUT2D eigenvalue weighted by atomic mass is 35.5. The van der Waals surface area contributed by atoms with E-state index >= 15 is 0 Å². The number of aromatic amines is 2. The Morgan fingerprint density at radius 1 is 0.811 bits per heavy atom. The quantitative estimate of drug-likeness (QED) is 0.319. The summed E-state index contributed by atoms with van der Waals surface area (Å²) >= 11 is 5.82. The highest BCUT2D eigenvalue weighted by Gasteiger charge is 2.14. The zero-order valence-corrected chi connectivity index (χ0v) is 19.5. The number of nitrogens with zero attached hydrogens (tertiary/aromatic N) is 7. The van der Waals surface area contributed by atoms with Crippen LogP contribution >= 0.6 is 11.6 Å². The molecule has 0 spiro atoms. The van der Waals surface area contributed by atoms with Crippen molar-refractivity contribution < 1.29 is 4.79 Å². The number of imidazole rings is 2. The van der Waals surface area contributed by atoms with Crippen LogP contribution in [0.15, 0.2) is 78.1 Å². The van der Waals surface area contributed by atoms with Crippen molar-refractivity contribution in [2.75, 3.05) is 5.32 Å². The number of halogens is 1. The van der Waals surface area contributed by atoms with Crippen molar-refractivity contribution in [1.82, 2.24) is 44.3 Å². The van der Waals surface area contributed by atoms with Crippen LogP contribution in [0.5, 0.6) is 0 Å². The van der Waals surface area contributed by atoms with Crippen LogP contribution in [-0.4, -0.2) is 50.2 Å². The van der Waals surface area contributed by atoms with Crippen LogP contribution in [0.4, 0.5) is 5.82 Å². The molecule has 0 saturated carbocycles. The molecule has 180 valence electrons. The molecule has 1 amide bonds. The van der Waals surface area contributed by atoms with Crippen LogP contribution in [0.1, 0.15) is 10.6 Å². The second-order valence-electron chi connectivity index (χ2n) is 7.69. The van der Waals surface area contributed by atoms with Crippen molar-refractivity contribution >= 4 is 62.3 Å². The van der Waals surface area contributed by atoms with Crippen molar-refractivity contribution in [2.45, 2.75) is 0 Å². The Kier molecular flexibility index (Phi) is 5.47. The van der Waals surface area contributed by atoms with Crippen LogP contribution in [0.2, 0.25) is 5.15 Å². The minimum atomic E-state index is -0.418. The third-order valence-electron chi connectivity index (χ3n) is 5.38. The number of H-pyrrole nitrogens is 2. The van der Waals surface area contributed by atoms with Crippen LogP contribution in [0, 0.1) is 0 Å². The lowest BCUT2D eigenvalue weighted by Gasteiger charge is -2.02. The monoisotopic (exact) mass is 510 g/mol. The highest BCUT2D eigenvalue weighted by Crippen LogP contribution is 2.18. The highest BCUT2D eigenvalue weighted by molar-refractivity contribution is 6.32. The Bertz CT molecular complexity index is 1960. The number of fused-ring (bicyclic) bond motifs is 6. The zero-order valence-electron chi connectivity index (χ0n) is 18.8. The first-order chi connectivity index (χ1) is 18.1. The number of benzene rings is 2. The third kappa shape index (κ3) is 4.10. The van der Waals surface area contributed by atoms with Gasteiger partial charge in [-0.2, -0.15) is 0 Å². The van der Waals surface area contributed by atoms with Gasteiger partial charge < -0.3 is 15.3 Å². The van der Waals surface area contributed by atoms with Gasteiger partial charge in [0.1, 0.15) is 0 Å². The minimum absolute atomic E-state index is 0.131. The largest absolute Gasteiger partial charge is 0.334 e. The molecular weight excluding hydrogens is 496 g/mol. The van der Waals surface area contributed by atoms with E-state index in [-0.39, 0.29) is 22.4 Å². The van der Waals surface area contributed by atoms with Crippen molar-refractivity contribution in [3.05, 3.63) is 94.6 Å². The number of rotatable bonds is 2. The second kappa shape index (κ2) is 9.09. The summed E-state index contributed by atoms with van der Waals surface area (Å²) in [7, 11) is 0. The average molecular weight is 511 g/mol. The molecule has 13 heteroatoms. The number of anilines is 1. The van der Waals surface area contributed by atoms with E-state index in [1.807, 2.05) is 48.5 Å². The molecule has 12 nitrogen and oxygen atoms in total. The lowest BCUT2D eigenvalue weighted by atomic mass is 10.3. The van der Waals surface area contributed by atoms with E-state index in [2.05, 4.69) is 45.2 Å². The summed E-state index contributed by atoms with van der Waals surface area (Å²) in [5.41, 5.74) is 4.25. The second-order valence-corrected chi connectivity index (χ2v) is 8.05. The summed E-state index contributed by atoms with van der Waals surface area (Å²) in [5.74, 6) is -0.0175. The van der Waals surface area contributed by atoms with E-state index < -0.39 is 5.91 Å². The predicted octanol–water partition coefficient (Wildman–Crippen LogP) is 3.38. The SMILES string of the molecule is O=C(Nc1nccnc1Cl)c1nc2ccccc2[nH]1.O=c1[nH]c2nccnc2n2c1nc1ccccc12. The fourth-order valence-corrected chi connectivity index (χ4v) is 3.92. The maximum Gasteiger partial charge on any atom is 0.293 e. The van der Waals surface area contributed by atoms with Gasteiger partial charge in [-0.3, -0.25) is 14.0 Å². The molecule has 2 aromatic carbocycles. The van der Waals surface area contributed by atoms with Gasteiger partial charge in [-0.1, -0.05) is 35.9 Å². The van der Waals surface area contributed by atoms with Gasteiger partial charge in [-0.05, 0) is 24.3 Å². The topological polar surface area (TPSA) is 160 Å². The summed E-state index contributed by atoms with van der Waals surface area (Å²) in [5, 5.41) is 2.68. The van der Waals surface area contributed by atoms with E-state index in [0.29, 0.717) is 16.9 Å². The number of para-hydroxylation sites is 4. The first-order valence-electron chi connectivity index (χ1n) is 10.9. The lowest BCUT2D eigenvalue weighted by Crippen LogP contribution is -2.15. The number of amides is 1. The zero-order chi connectivity index (χ0) is 25.4. The number of hydrogen-bond donors (Lipinski definition) is 3. The van der Waals surface area contributed by atoms with Gasteiger partial charge in [-0.15, -0.1) is 0 Å². The van der Waals surface area contributed by atoms with Gasteiger partial charge in [-0.25, -0.2) is 29.9 Å². The molecule has 0 saturated heterocycles. The van der Waals surface area contributed by atoms with E-state index in [4.69, 9.17) is 11.6 Å². The number of carbonyl (C=O) groups is 1. The molecule has 0 atom stereocenters. The van der Waals surface area contributed by atoms with E-state index in [1.165, 1.54) is 12.4 Å². The molecule has 5 aromatic heterocycles. The molecule has 0 bridgehead atoms. The van der Waals surface area contributed by atoms with Gasteiger partial charge >= 0.3 is 0 Å². The Balaban J connectivity index is 0.000000136. The molecule has 0 radical (unpaired) electrons. The molecule has 37 heavy (non-hydrogen) atoms. The van der Waals surface area contributed by atoms with Crippen LogP contribution in [0.3, 0.4) is 0 Å². The summed E-state index contributed by atoms with van der Waals surface area (Å²) in [4.78, 5) is 54.2. The number of aromatic nitrogens is 9. The predicted molar refractivity (Wildman–Crippen MR) is 138 cm³/mol. The van der Waals surface area contributed by atoms with Gasteiger partial charge in [0, 0.05) is 24.8 Å². The molecule has 7 aromatic rings. The van der Waals surface area contributed by atoms with Gasteiger partial charge in [0.25, 0.3) is 11.5 Å². The molecule has 5 heterocycles. The van der Waals surface area contributed by atoms with Crippen molar-refractivity contribution in [3.8, 4) is 0 Å². The minimum Gasteiger partial charge on any atom is -0.334 e. The third-order valence-corrected chi connectivity index (χ3v) is 5.65. The number of carbonyl (C=O) groups excluding carboxylic acids is 1. The first kappa shape index (κ1) is 22.2. The summed E-state index contributed by atoms with van der Waals surface area (Å²) in [6, 6.07) is 14.9. The van der Waals surface area contributed by atoms with E-state index in [1.54, 1.807) is 16.8 Å². The fraction of sp³-hybridized carbons (Fsp3) is 0. The average Bonchev–Trinajstić information content (AvgIpc) is 3.53. The maximum atomic E-state index is 12.0. The Morgan fingerprint density at radius 2 is 1.54 bits per heavy atom. The number of nitrogens with one attached hydrogen (secondary N) is 3. The summed E-state index contributed by atoms with van der Waals surface area (Å²) in [6.07, 6.45) is 6.03. The van der Waals surface area contributed by atoms with Gasteiger partial charge in [0.15, 0.2) is 28.1 Å². The fourth-order valence-electron chi connectivity index (χ4n) is 3.77.